The molecule has 0 spiro atoms. The van der Waals surface area contributed by atoms with Crippen LogP contribution in [0.2, 0.25) is 0 Å². The average molecular weight is 307 g/mol. The molecule has 2 fully saturated rings. The number of halogens is 1. The zero-order valence-electron chi connectivity index (χ0n) is 8.08. The first-order chi connectivity index (χ1) is 6.77. The second-order valence-electron chi connectivity index (χ2n) is 4.38. The SMILES string of the molecule is NCC12C[I-]C([C@@H](C3=CCC3)O1)[C@H]2N. The Bertz CT molecular complexity index is 294. The zero-order valence-corrected chi connectivity index (χ0v) is 10.2. The number of rotatable bonds is 2. The fourth-order valence-corrected chi connectivity index (χ4v) is 7.01. The molecule has 3 aliphatic rings. The van der Waals surface area contributed by atoms with Crippen molar-refractivity contribution in [3.05, 3.63) is 11.6 Å². The van der Waals surface area contributed by atoms with Crippen LogP contribution in [0.5, 0.6) is 0 Å². The quantitative estimate of drug-likeness (QED) is 0.318. The van der Waals surface area contributed by atoms with Crippen LogP contribution < -0.4 is 32.7 Å². The van der Waals surface area contributed by atoms with Gasteiger partial charge in [0.15, 0.2) is 0 Å². The van der Waals surface area contributed by atoms with Crippen molar-refractivity contribution in [2.75, 3.05) is 11.0 Å². The molecule has 0 amide bonds. The van der Waals surface area contributed by atoms with Gasteiger partial charge in [-0.25, -0.2) is 0 Å². The molecule has 1 aliphatic carbocycles. The Morgan fingerprint density at radius 2 is 2.43 bits per heavy atom. The summed E-state index contributed by atoms with van der Waals surface area (Å²) in [6, 6.07) is 0.215. The van der Waals surface area contributed by atoms with Crippen molar-refractivity contribution < 1.29 is 25.9 Å². The van der Waals surface area contributed by atoms with E-state index in [9.17, 15) is 0 Å². The van der Waals surface area contributed by atoms with Crippen molar-refractivity contribution in [3.8, 4) is 0 Å². The van der Waals surface area contributed by atoms with Gasteiger partial charge in [0, 0.05) is 0 Å². The molecule has 14 heavy (non-hydrogen) atoms. The third kappa shape index (κ3) is 1.08. The van der Waals surface area contributed by atoms with E-state index in [1.807, 2.05) is 0 Å². The number of hydrogen-bond donors (Lipinski definition) is 2. The summed E-state index contributed by atoms with van der Waals surface area (Å²) in [7, 11) is 0. The van der Waals surface area contributed by atoms with Crippen LogP contribution in [0, 0.1) is 0 Å². The molecule has 4 N–H and O–H groups in total. The molecule has 80 valence electrons. The molecule has 2 unspecified atom stereocenters. The molecule has 0 aromatic rings. The fourth-order valence-electron chi connectivity index (χ4n) is 2.48. The van der Waals surface area contributed by atoms with Gasteiger partial charge in [-0.2, -0.15) is 0 Å². The van der Waals surface area contributed by atoms with Crippen molar-refractivity contribution >= 4 is 0 Å². The van der Waals surface area contributed by atoms with Crippen LogP contribution in [-0.2, 0) is 4.74 Å². The van der Waals surface area contributed by atoms with Gasteiger partial charge in [0.05, 0.1) is 0 Å². The summed E-state index contributed by atoms with van der Waals surface area (Å²) in [4.78, 5) is 0. The Hall–Kier alpha value is 0.350. The molecule has 0 radical (unpaired) electrons. The topological polar surface area (TPSA) is 61.3 Å². The van der Waals surface area contributed by atoms with Crippen LogP contribution in [0.25, 0.3) is 0 Å². The molecular formula is C10H16IN2O-. The molecular weight excluding hydrogens is 291 g/mol. The summed E-state index contributed by atoms with van der Waals surface area (Å²) < 4.78 is 7.93. The van der Waals surface area contributed by atoms with E-state index in [-0.39, 0.29) is 32.8 Å². The van der Waals surface area contributed by atoms with Gasteiger partial charge < -0.3 is 0 Å². The predicted molar refractivity (Wildman–Crippen MR) is 50.6 cm³/mol. The summed E-state index contributed by atoms with van der Waals surface area (Å²) in [5, 5.41) is 0. The van der Waals surface area contributed by atoms with Crippen molar-refractivity contribution in [3.63, 3.8) is 0 Å². The summed E-state index contributed by atoms with van der Waals surface area (Å²) in [5.41, 5.74) is 13.4. The number of hydrogen-bond acceptors (Lipinski definition) is 3. The first kappa shape index (κ1) is 9.57. The number of ether oxygens (including phenoxy) is 1. The standard InChI is InChI=1S/C10H16IN2O/c12-5-10-4-11-7(9(10)13)8(14-10)6-2-1-3-6/h2,7-9H,1,3-5,12-13H2/q-1/t7?,8-,9-,10?/m1/s1. The number of nitrogens with two attached hydrogens (primary N) is 2. The van der Waals surface area contributed by atoms with Crippen molar-refractivity contribution in [2.24, 2.45) is 11.5 Å². The van der Waals surface area contributed by atoms with Gasteiger partial charge in [-0.1, -0.05) is 0 Å². The predicted octanol–water partition coefficient (Wildman–Crippen LogP) is -3.40. The molecule has 2 saturated heterocycles. The van der Waals surface area contributed by atoms with E-state index in [0.29, 0.717) is 16.6 Å². The molecule has 0 saturated carbocycles. The van der Waals surface area contributed by atoms with Gasteiger partial charge in [0.1, 0.15) is 0 Å². The summed E-state index contributed by atoms with van der Waals surface area (Å²) >= 11 is 0.213. The van der Waals surface area contributed by atoms with Crippen molar-refractivity contribution in [1.82, 2.24) is 0 Å². The van der Waals surface area contributed by atoms with Crippen LogP contribution in [0.4, 0.5) is 0 Å². The maximum atomic E-state index is 6.23. The first-order valence-corrected chi connectivity index (χ1v) is 7.94. The third-order valence-electron chi connectivity index (χ3n) is 3.63. The minimum absolute atomic E-state index is 0.140. The Morgan fingerprint density at radius 1 is 1.64 bits per heavy atom. The van der Waals surface area contributed by atoms with Gasteiger partial charge in [0.25, 0.3) is 0 Å². The van der Waals surface area contributed by atoms with Crippen LogP contribution in [0.15, 0.2) is 11.6 Å². The van der Waals surface area contributed by atoms with Crippen LogP contribution in [-0.4, -0.2) is 32.6 Å². The van der Waals surface area contributed by atoms with E-state index >= 15 is 0 Å². The zero-order chi connectivity index (χ0) is 9.76. The fraction of sp³-hybridized carbons (Fsp3) is 0.800. The van der Waals surface area contributed by atoms with Crippen LogP contribution in [0.3, 0.4) is 0 Å². The van der Waals surface area contributed by atoms with E-state index in [4.69, 9.17) is 16.2 Å². The molecule has 4 atom stereocenters. The Kier molecular flexibility index (Phi) is 2.17. The number of alkyl halides is 2. The van der Waals surface area contributed by atoms with E-state index < -0.39 is 0 Å². The van der Waals surface area contributed by atoms with Gasteiger partial charge in [0.2, 0.25) is 0 Å². The molecule has 2 heterocycles. The molecule has 0 aromatic carbocycles. The van der Waals surface area contributed by atoms with Crippen molar-refractivity contribution in [2.45, 2.75) is 34.5 Å². The Morgan fingerprint density at radius 3 is 2.93 bits per heavy atom. The van der Waals surface area contributed by atoms with E-state index in [2.05, 4.69) is 6.08 Å². The Labute approximate surface area is 94.5 Å². The normalized spacial score (nSPS) is 51.0. The van der Waals surface area contributed by atoms with Gasteiger partial charge in [-0.05, 0) is 0 Å². The van der Waals surface area contributed by atoms with E-state index in [1.54, 1.807) is 0 Å². The minimum atomic E-state index is -0.140. The third-order valence-corrected chi connectivity index (χ3v) is 7.81. The summed E-state index contributed by atoms with van der Waals surface area (Å²) in [6.07, 6.45) is 5.11. The van der Waals surface area contributed by atoms with Gasteiger partial charge in [-0.3, -0.25) is 0 Å². The van der Waals surface area contributed by atoms with Gasteiger partial charge in [-0.15, -0.1) is 0 Å². The van der Waals surface area contributed by atoms with Crippen molar-refractivity contribution in [1.29, 1.82) is 0 Å². The summed E-state index contributed by atoms with van der Waals surface area (Å²) in [5.74, 6) is 0. The monoisotopic (exact) mass is 307 g/mol. The van der Waals surface area contributed by atoms with Crippen LogP contribution in [0.1, 0.15) is 12.8 Å². The molecule has 4 heteroatoms. The van der Waals surface area contributed by atoms with Gasteiger partial charge >= 0.3 is 94.5 Å². The maximum absolute atomic E-state index is 6.23. The molecule has 2 bridgehead atoms. The first-order valence-electron chi connectivity index (χ1n) is 5.17. The van der Waals surface area contributed by atoms with Crippen LogP contribution >= 0.6 is 0 Å². The molecule has 2 aliphatic heterocycles. The average Bonchev–Trinajstić information content (AvgIpc) is 2.55. The summed E-state index contributed by atoms with van der Waals surface area (Å²) in [6.45, 7) is 0.605. The number of fused-ring (bicyclic) bond motifs is 2. The number of allylic oxidation sites excluding steroid dienone is 1. The van der Waals surface area contributed by atoms with E-state index in [0.717, 1.165) is 4.43 Å². The molecule has 3 rings (SSSR count). The Balaban J connectivity index is 1.87. The van der Waals surface area contributed by atoms with E-state index in [1.165, 1.54) is 18.4 Å². The molecule has 3 nitrogen and oxygen atoms in total. The molecule has 0 aromatic heterocycles. The second kappa shape index (κ2) is 3.17. The second-order valence-corrected chi connectivity index (χ2v) is 7.47.